The SMILES string of the molecule is Nc1cccc2c1CN(Cc1ccco1)C2. The van der Waals surface area contributed by atoms with E-state index in [9.17, 15) is 0 Å². The lowest BCUT2D eigenvalue weighted by Gasteiger charge is -2.12. The average molecular weight is 214 g/mol. The van der Waals surface area contributed by atoms with Crippen molar-refractivity contribution in [3.63, 3.8) is 0 Å². The van der Waals surface area contributed by atoms with Crippen molar-refractivity contribution in [1.82, 2.24) is 4.90 Å². The lowest BCUT2D eigenvalue weighted by molar-refractivity contribution is 0.251. The number of nitrogens with two attached hydrogens (primary N) is 1. The first-order valence-corrected chi connectivity index (χ1v) is 5.44. The van der Waals surface area contributed by atoms with Crippen LogP contribution in [0.15, 0.2) is 41.0 Å². The Morgan fingerprint density at radius 2 is 2.12 bits per heavy atom. The van der Waals surface area contributed by atoms with E-state index in [1.807, 2.05) is 24.3 Å². The molecule has 0 saturated carbocycles. The van der Waals surface area contributed by atoms with Crippen LogP contribution in [-0.4, -0.2) is 4.90 Å². The van der Waals surface area contributed by atoms with Crippen molar-refractivity contribution in [2.24, 2.45) is 0 Å². The number of benzene rings is 1. The maximum absolute atomic E-state index is 5.96. The van der Waals surface area contributed by atoms with E-state index in [0.29, 0.717) is 0 Å². The lowest BCUT2D eigenvalue weighted by Crippen LogP contribution is -2.15. The maximum Gasteiger partial charge on any atom is 0.117 e. The molecule has 3 nitrogen and oxygen atoms in total. The van der Waals surface area contributed by atoms with E-state index in [-0.39, 0.29) is 0 Å². The van der Waals surface area contributed by atoms with Gasteiger partial charge in [0.25, 0.3) is 0 Å². The number of hydrogen-bond acceptors (Lipinski definition) is 3. The molecule has 2 aromatic rings. The Kier molecular flexibility index (Phi) is 2.18. The molecule has 1 aliphatic rings. The zero-order valence-electron chi connectivity index (χ0n) is 9.02. The van der Waals surface area contributed by atoms with Gasteiger partial charge in [-0.1, -0.05) is 12.1 Å². The summed E-state index contributed by atoms with van der Waals surface area (Å²) in [5.41, 5.74) is 9.47. The molecule has 2 heterocycles. The molecule has 1 aromatic heterocycles. The minimum Gasteiger partial charge on any atom is -0.468 e. The highest BCUT2D eigenvalue weighted by atomic mass is 16.3. The van der Waals surface area contributed by atoms with Gasteiger partial charge in [0.05, 0.1) is 12.8 Å². The fraction of sp³-hybridized carbons (Fsp3) is 0.231. The van der Waals surface area contributed by atoms with E-state index in [0.717, 1.165) is 31.1 Å². The molecular weight excluding hydrogens is 200 g/mol. The molecule has 0 saturated heterocycles. The van der Waals surface area contributed by atoms with Crippen LogP contribution in [0.4, 0.5) is 5.69 Å². The highest BCUT2D eigenvalue weighted by Crippen LogP contribution is 2.28. The van der Waals surface area contributed by atoms with Gasteiger partial charge in [0.2, 0.25) is 0 Å². The van der Waals surface area contributed by atoms with Crippen LogP contribution < -0.4 is 5.73 Å². The van der Waals surface area contributed by atoms with Crippen molar-refractivity contribution >= 4 is 5.69 Å². The minimum atomic E-state index is 0.848. The third-order valence-corrected chi connectivity index (χ3v) is 3.04. The maximum atomic E-state index is 5.96. The smallest absolute Gasteiger partial charge is 0.117 e. The molecule has 1 aromatic carbocycles. The zero-order valence-corrected chi connectivity index (χ0v) is 9.02. The molecule has 3 rings (SSSR count). The van der Waals surface area contributed by atoms with Crippen molar-refractivity contribution in [1.29, 1.82) is 0 Å². The van der Waals surface area contributed by atoms with Gasteiger partial charge in [-0.05, 0) is 29.3 Å². The van der Waals surface area contributed by atoms with E-state index >= 15 is 0 Å². The van der Waals surface area contributed by atoms with Gasteiger partial charge in [-0.25, -0.2) is 0 Å². The van der Waals surface area contributed by atoms with Gasteiger partial charge in [-0.3, -0.25) is 4.90 Å². The first-order valence-electron chi connectivity index (χ1n) is 5.44. The molecule has 0 unspecified atom stereocenters. The van der Waals surface area contributed by atoms with Crippen LogP contribution in [0.25, 0.3) is 0 Å². The summed E-state index contributed by atoms with van der Waals surface area (Å²) in [6.07, 6.45) is 1.72. The summed E-state index contributed by atoms with van der Waals surface area (Å²) < 4.78 is 5.35. The minimum absolute atomic E-state index is 0.848. The first-order chi connectivity index (χ1) is 7.83. The van der Waals surface area contributed by atoms with Gasteiger partial charge < -0.3 is 10.2 Å². The molecule has 0 radical (unpaired) electrons. The highest BCUT2D eigenvalue weighted by molar-refractivity contribution is 5.52. The van der Waals surface area contributed by atoms with Crippen molar-refractivity contribution < 1.29 is 4.42 Å². The van der Waals surface area contributed by atoms with E-state index in [2.05, 4.69) is 11.0 Å². The third kappa shape index (κ3) is 1.59. The Labute approximate surface area is 94.5 Å². The van der Waals surface area contributed by atoms with Gasteiger partial charge in [0, 0.05) is 18.8 Å². The summed E-state index contributed by atoms with van der Waals surface area (Å²) >= 11 is 0. The molecule has 0 atom stereocenters. The van der Waals surface area contributed by atoms with Crippen LogP contribution in [0.2, 0.25) is 0 Å². The van der Waals surface area contributed by atoms with Gasteiger partial charge in [-0.15, -0.1) is 0 Å². The predicted octanol–water partition coefficient (Wildman–Crippen LogP) is 2.38. The summed E-state index contributed by atoms with van der Waals surface area (Å²) in [5, 5.41) is 0. The number of nitrogen functional groups attached to an aromatic ring is 1. The second kappa shape index (κ2) is 3.68. The normalized spacial score (nSPS) is 15.2. The molecule has 0 aliphatic carbocycles. The van der Waals surface area contributed by atoms with Crippen LogP contribution in [-0.2, 0) is 19.6 Å². The largest absolute Gasteiger partial charge is 0.468 e. The average Bonchev–Trinajstić information content (AvgIpc) is 2.88. The number of nitrogens with zero attached hydrogens (tertiary/aromatic N) is 1. The Hall–Kier alpha value is -1.74. The molecule has 3 heteroatoms. The number of hydrogen-bond donors (Lipinski definition) is 1. The van der Waals surface area contributed by atoms with E-state index in [1.54, 1.807) is 6.26 Å². The Balaban J connectivity index is 1.78. The molecular formula is C13H14N2O. The summed E-state index contributed by atoms with van der Waals surface area (Å²) in [5.74, 6) is 1.01. The molecule has 0 bridgehead atoms. The Morgan fingerprint density at radius 3 is 2.88 bits per heavy atom. The van der Waals surface area contributed by atoms with Crippen LogP contribution in [0.1, 0.15) is 16.9 Å². The highest BCUT2D eigenvalue weighted by Gasteiger charge is 2.21. The van der Waals surface area contributed by atoms with Crippen molar-refractivity contribution in [3.05, 3.63) is 53.5 Å². The third-order valence-electron chi connectivity index (χ3n) is 3.04. The van der Waals surface area contributed by atoms with Crippen LogP contribution in [0.3, 0.4) is 0 Å². The van der Waals surface area contributed by atoms with Gasteiger partial charge >= 0.3 is 0 Å². The topological polar surface area (TPSA) is 42.4 Å². The van der Waals surface area contributed by atoms with E-state index in [1.165, 1.54) is 11.1 Å². The van der Waals surface area contributed by atoms with Gasteiger partial charge in [0.1, 0.15) is 5.76 Å². The molecule has 82 valence electrons. The number of furan rings is 1. The molecule has 0 spiro atoms. The molecule has 0 amide bonds. The summed E-state index contributed by atoms with van der Waals surface area (Å²) in [4.78, 5) is 2.33. The molecule has 0 fully saturated rings. The fourth-order valence-electron chi connectivity index (χ4n) is 2.25. The first kappa shape index (κ1) is 9.48. The Morgan fingerprint density at radius 1 is 1.19 bits per heavy atom. The molecule has 1 aliphatic heterocycles. The summed E-state index contributed by atoms with van der Waals surface area (Å²) in [7, 11) is 0. The van der Waals surface area contributed by atoms with Crippen molar-refractivity contribution in [2.75, 3.05) is 5.73 Å². The summed E-state index contributed by atoms with van der Waals surface area (Å²) in [6.45, 7) is 2.73. The Bertz CT molecular complexity index is 491. The lowest BCUT2D eigenvalue weighted by atomic mass is 10.1. The zero-order chi connectivity index (χ0) is 11.0. The second-order valence-electron chi connectivity index (χ2n) is 4.21. The van der Waals surface area contributed by atoms with Crippen molar-refractivity contribution in [2.45, 2.75) is 19.6 Å². The monoisotopic (exact) mass is 214 g/mol. The molecule has 2 N–H and O–H groups in total. The standard InChI is InChI=1S/C13H14N2O/c14-13-5-1-3-10-7-15(9-12(10)13)8-11-4-2-6-16-11/h1-6H,7-9,14H2. The van der Waals surface area contributed by atoms with Crippen LogP contribution in [0.5, 0.6) is 0 Å². The van der Waals surface area contributed by atoms with Crippen LogP contribution >= 0.6 is 0 Å². The number of rotatable bonds is 2. The summed E-state index contributed by atoms with van der Waals surface area (Å²) in [6, 6.07) is 10.1. The number of fused-ring (bicyclic) bond motifs is 1. The van der Waals surface area contributed by atoms with Crippen molar-refractivity contribution in [3.8, 4) is 0 Å². The van der Waals surface area contributed by atoms with Gasteiger partial charge in [-0.2, -0.15) is 0 Å². The quantitative estimate of drug-likeness (QED) is 0.780. The number of anilines is 1. The van der Waals surface area contributed by atoms with Gasteiger partial charge in [0.15, 0.2) is 0 Å². The van der Waals surface area contributed by atoms with E-state index < -0.39 is 0 Å². The predicted molar refractivity (Wildman–Crippen MR) is 62.5 cm³/mol. The van der Waals surface area contributed by atoms with E-state index in [4.69, 9.17) is 10.2 Å². The fourth-order valence-corrected chi connectivity index (χ4v) is 2.25. The van der Waals surface area contributed by atoms with Crippen LogP contribution in [0, 0.1) is 0 Å². The molecule has 16 heavy (non-hydrogen) atoms. The second-order valence-corrected chi connectivity index (χ2v) is 4.21.